The first-order chi connectivity index (χ1) is 14.5. The zero-order valence-electron chi connectivity index (χ0n) is 16.9. The van der Waals surface area contributed by atoms with E-state index >= 15 is 0 Å². The molecule has 0 aliphatic carbocycles. The topological polar surface area (TPSA) is 91.0 Å². The van der Waals surface area contributed by atoms with Crippen molar-refractivity contribution in [2.24, 2.45) is 0 Å². The van der Waals surface area contributed by atoms with Crippen LogP contribution in [0.25, 0.3) is 33.4 Å². The van der Waals surface area contributed by atoms with Crippen LogP contribution >= 0.6 is 0 Å². The molecule has 0 aliphatic heterocycles. The number of fused-ring (bicyclic) bond motifs is 1. The molecule has 0 spiro atoms. The molecule has 0 fully saturated rings. The maximum absolute atomic E-state index is 12.3. The third-order valence-corrected chi connectivity index (χ3v) is 4.92. The molecule has 0 radical (unpaired) electrons. The molecule has 0 unspecified atom stereocenters. The average Bonchev–Trinajstić information content (AvgIpc) is 3.21. The van der Waals surface area contributed by atoms with Gasteiger partial charge in [-0.05, 0) is 35.9 Å². The summed E-state index contributed by atoms with van der Waals surface area (Å²) in [6.45, 7) is 0. The summed E-state index contributed by atoms with van der Waals surface area (Å²) in [5.41, 5.74) is 5.33. The highest BCUT2D eigenvalue weighted by atomic mass is 16.2. The van der Waals surface area contributed by atoms with Gasteiger partial charge in [-0.25, -0.2) is 4.98 Å². The monoisotopic (exact) mass is 399 g/mol. The second-order valence-electron chi connectivity index (χ2n) is 7.13. The minimum Gasteiger partial charge on any atom is -0.355 e. The van der Waals surface area contributed by atoms with E-state index in [2.05, 4.69) is 20.5 Å². The van der Waals surface area contributed by atoms with Crippen molar-refractivity contribution in [3.8, 4) is 22.4 Å². The standard InChI is InChI=1S/C23H21N5O2/c1-24-22(29)15-9-7-14(8-10-15)20-19-12-18(13-25-21(19)27-26-20)16-5-4-6-17(11-16)23(30)28(2)3/h4-13H,1-3H3,(H,24,29)(H,25,26,27). The van der Waals surface area contributed by atoms with Crippen LogP contribution in [0.2, 0.25) is 0 Å². The highest BCUT2D eigenvalue weighted by Crippen LogP contribution is 2.29. The lowest BCUT2D eigenvalue weighted by molar-refractivity contribution is 0.0827. The van der Waals surface area contributed by atoms with Gasteiger partial charge in [-0.15, -0.1) is 0 Å². The molecular weight excluding hydrogens is 378 g/mol. The maximum Gasteiger partial charge on any atom is 0.253 e. The summed E-state index contributed by atoms with van der Waals surface area (Å²) in [6.07, 6.45) is 1.75. The van der Waals surface area contributed by atoms with Crippen LogP contribution in [-0.4, -0.2) is 53.0 Å². The molecule has 0 aliphatic rings. The number of amides is 2. The molecule has 2 heterocycles. The van der Waals surface area contributed by atoms with Crippen molar-refractivity contribution in [1.29, 1.82) is 0 Å². The predicted molar refractivity (Wildman–Crippen MR) is 116 cm³/mol. The highest BCUT2D eigenvalue weighted by molar-refractivity contribution is 5.97. The Morgan fingerprint density at radius 2 is 1.70 bits per heavy atom. The molecule has 2 aromatic carbocycles. The largest absolute Gasteiger partial charge is 0.355 e. The fourth-order valence-corrected chi connectivity index (χ4v) is 3.30. The second-order valence-corrected chi connectivity index (χ2v) is 7.13. The van der Waals surface area contributed by atoms with Gasteiger partial charge in [0.2, 0.25) is 0 Å². The average molecular weight is 399 g/mol. The lowest BCUT2D eigenvalue weighted by Crippen LogP contribution is -2.21. The van der Waals surface area contributed by atoms with Gasteiger partial charge in [0.15, 0.2) is 5.65 Å². The molecule has 0 saturated carbocycles. The van der Waals surface area contributed by atoms with Crippen molar-refractivity contribution in [2.45, 2.75) is 0 Å². The third-order valence-electron chi connectivity index (χ3n) is 4.92. The molecule has 7 nitrogen and oxygen atoms in total. The number of carbonyl (C=O) groups is 2. The molecule has 0 atom stereocenters. The van der Waals surface area contributed by atoms with Crippen LogP contribution < -0.4 is 5.32 Å². The molecular formula is C23H21N5O2. The van der Waals surface area contributed by atoms with Gasteiger partial charge in [-0.3, -0.25) is 14.7 Å². The Kier molecular flexibility index (Phi) is 5.02. The van der Waals surface area contributed by atoms with E-state index in [1.165, 1.54) is 0 Å². The van der Waals surface area contributed by atoms with Crippen LogP contribution in [0.4, 0.5) is 0 Å². The number of aromatic nitrogens is 3. The van der Waals surface area contributed by atoms with E-state index in [1.54, 1.807) is 50.4 Å². The van der Waals surface area contributed by atoms with Crippen molar-refractivity contribution >= 4 is 22.8 Å². The number of rotatable bonds is 4. The molecule has 150 valence electrons. The maximum atomic E-state index is 12.3. The molecule has 2 amide bonds. The molecule has 30 heavy (non-hydrogen) atoms. The summed E-state index contributed by atoms with van der Waals surface area (Å²) in [5.74, 6) is -0.182. The highest BCUT2D eigenvalue weighted by Gasteiger charge is 2.13. The summed E-state index contributed by atoms with van der Waals surface area (Å²) in [4.78, 5) is 30.1. The third kappa shape index (κ3) is 3.53. The van der Waals surface area contributed by atoms with Crippen molar-refractivity contribution in [2.75, 3.05) is 21.1 Å². The van der Waals surface area contributed by atoms with Gasteiger partial charge in [0.05, 0.1) is 5.69 Å². The van der Waals surface area contributed by atoms with Crippen molar-refractivity contribution in [3.05, 3.63) is 71.9 Å². The first-order valence-corrected chi connectivity index (χ1v) is 9.46. The van der Waals surface area contributed by atoms with Crippen LogP contribution in [0.3, 0.4) is 0 Å². The van der Waals surface area contributed by atoms with Crippen molar-refractivity contribution in [1.82, 2.24) is 25.4 Å². The number of hydrogen-bond donors (Lipinski definition) is 2. The summed E-state index contributed by atoms with van der Waals surface area (Å²) in [5, 5.41) is 10.8. The molecule has 7 heteroatoms. The zero-order valence-corrected chi connectivity index (χ0v) is 16.9. The van der Waals surface area contributed by atoms with Gasteiger partial charge in [0, 0.05) is 55.0 Å². The molecule has 2 aromatic heterocycles. The Labute approximate surface area is 173 Å². The Morgan fingerprint density at radius 3 is 2.40 bits per heavy atom. The van der Waals surface area contributed by atoms with E-state index in [0.717, 1.165) is 27.8 Å². The number of H-pyrrole nitrogens is 1. The first kappa shape index (κ1) is 19.3. The minimum atomic E-state index is -0.132. The van der Waals surface area contributed by atoms with Gasteiger partial charge < -0.3 is 10.2 Å². The number of carbonyl (C=O) groups excluding carboxylic acids is 2. The summed E-state index contributed by atoms with van der Waals surface area (Å²) >= 11 is 0. The molecule has 0 bridgehead atoms. The summed E-state index contributed by atoms with van der Waals surface area (Å²) in [7, 11) is 5.07. The molecule has 4 aromatic rings. The lowest BCUT2D eigenvalue weighted by atomic mass is 10.0. The van der Waals surface area contributed by atoms with E-state index in [9.17, 15) is 9.59 Å². The van der Waals surface area contributed by atoms with E-state index in [4.69, 9.17) is 0 Å². The van der Waals surface area contributed by atoms with Crippen LogP contribution in [0.1, 0.15) is 20.7 Å². The van der Waals surface area contributed by atoms with Crippen LogP contribution in [0.15, 0.2) is 60.8 Å². The number of nitrogens with zero attached hydrogens (tertiary/aromatic N) is 3. The number of benzene rings is 2. The smallest absolute Gasteiger partial charge is 0.253 e. The second kappa shape index (κ2) is 7.79. The van der Waals surface area contributed by atoms with Crippen LogP contribution in [0, 0.1) is 0 Å². The molecule has 0 saturated heterocycles. The van der Waals surface area contributed by atoms with Gasteiger partial charge >= 0.3 is 0 Å². The van der Waals surface area contributed by atoms with Gasteiger partial charge in [-0.2, -0.15) is 5.10 Å². The Morgan fingerprint density at radius 1 is 0.933 bits per heavy atom. The number of aromatic amines is 1. The van der Waals surface area contributed by atoms with Crippen LogP contribution in [-0.2, 0) is 0 Å². The molecule has 2 N–H and O–H groups in total. The van der Waals surface area contributed by atoms with Crippen molar-refractivity contribution < 1.29 is 9.59 Å². The van der Waals surface area contributed by atoms with Gasteiger partial charge in [-0.1, -0.05) is 24.3 Å². The quantitative estimate of drug-likeness (QED) is 0.551. The summed E-state index contributed by atoms with van der Waals surface area (Å²) < 4.78 is 0. The minimum absolute atomic E-state index is 0.0499. The normalized spacial score (nSPS) is 10.8. The SMILES string of the molecule is CNC(=O)c1ccc(-c2[nH]nc3ncc(-c4cccc(C(=O)N(C)C)c4)cc23)cc1. The Hall–Kier alpha value is -4.00. The number of nitrogens with one attached hydrogen (secondary N) is 2. The first-order valence-electron chi connectivity index (χ1n) is 9.46. The fourth-order valence-electron chi connectivity index (χ4n) is 3.30. The van der Waals surface area contributed by atoms with Crippen LogP contribution in [0.5, 0.6) is 0 Å². The predicted octanol–water partition coefficient (Wildman–Crippen LogP) is 3.35. The van der Waals surface area contributed by atoms with Gasteiger partial charge in [0.1, 0.15) is 0 Å². The molecule has 4 rings (SSSR count). The Balaban J connectivity index is 1.75. The fraction of sp³-hybridized carbons (Fsp3) is 0.130. The van der Waals surface area contributed by atoms with Crippen molar-refractivity contribution in [3.63, 3.8) is 0 Å². The number of hydrogen-bond acceptors (Lipinski definition) is 4. The van der Waals surface area contributed by atoms with Gasteiger partial charge in [0.25, 0.3) is 11.8 Å². The van der Waals surface area contributed by atoms with E-state index in [0.29, 0.717) is 16.8 Å². The van der Waals surface area contributed by atoms with E-state index < -0.39 is 0 Å². The van der Waals surface area contributed by atoms with E-state index in [-0.39, 0.29) is 11.8 Å². The zero-order chi connectivity index (χ0) is 21.3. The summed E-state index contributed by atoms with van der Waals surface area (Å²) in [6, 6.07) is 16.8. The Bertz CT molecular complexity index is 1240. The van der Waals surface area contributed by atoms with E-state index in [1.807, 2.05) is 36.4 Å². The number of pyridine rings is 1. The lowest BCUT2D eigenvalue weighted by Gasteiger charge is -2.11.